The lowest BCUT2D eigenvalue weighted by molar-refractivity contribution is 0.0993. The smallest absolute Gasteiger partial charge is 0.277 e. The van der Waals surface area contributed by atoms with E-state index in [0.29, 0.717) is 16.7 Å². The number of thioether (sulfide) groups is 1. The maximum Gasteiger partial charge on any atom is 0.277 e. The normalized spacial score (nSPS) is 12.4. The first kappa shape index (κ1) is 12.8. The molecule has 0 saturated heterocycles. The number of hydrogen-bond acceptors (Lipinski definition) is 5. The summed E-state index contributed by atoms with van der Waals surface area (Å²) < 4.78 is 17.9. The van der Waals surface area contributed by atoms with E-state index >= 15 is 0 Å². The van der Waals surface area contributed by atoms with Gasteiger partial charge in [0.15, 0.2) is 5.78 Å². The van der Waals surface area contributed by atoms with Crippen LogP contribution in [0.15, 0.2) is 33.9 Å². The second-order valence-electron chi connectivity index (χ2n) is 3.72. The van der Waals surface area contributed by atoms with E-state index in [1.807, 2.05) is 0 Å². The Labute approximate surface area is 108 Å². The second kappa shape index (κ2) is 5.30. The molecule has 0 spiro atoms. The lowest BCUT2D eigenvalue weighted by atomic mass is 10.1. The van der Waals surface area contributed by atoms with Gasteiger partial charge in [0.05, 0.1) is 5.25 Å². The van der Waals surface area contributed by atoms with Crippen molar-refractivity contribution in [3.8, 4) is 0 Å². The van der Waals surface area contributed by atoms with Gasteiger partial charge in [-0.25, -0.2) is 4.39 Å². The number of rotatable bonds is 4. The minimum Gasteiger partial charge on any atom is -0.416 e. The minimum atomic E-state index is -0.365. The number of Topliss-reactive ketones (excluding diaryl/α,β-unsaturated/α-hetero) is 1. The van der Waals surface area contributed by atoms with Gasteiger partial charge in [-0.15, -0.1) is 10.2 Å². The summed E-state index contributed by atoms with van der Waals surface area (Å²) in [5.74, 6) is -0.00540. The molecule has 1 aromatic heterocycles. The summed E-state index contributed by atoms with van der Waals surface area (Å²) in [6, 6.07) is 5.46. The number of hydrogen-bond donors (Lipinski definition) is 0. The first-order valence-electron chi connectivity index (χ1n) is 5.33. The van der Waals surface area contributed by atoms with Crippen LogP contribution in [0, 0.1) is 12.7 Å². The third-order valence-corrected chi connectivity index (χ3v) is 3.22. The number of carbonyl (C=O) groups is 1. The number of nitrogens with zero attached hydrogens (tertiary/aromatic N) is 2. The van der Waals surface area contributed by atoms with Gasteiger partial charge < -0.3 is 4.42 Å². The Morgan fingerprint density at radius 2 is 2.00 bits per heavy atom. The van der Waals surface area contributed by atoms with Crippen molar-refractivity contribution in [1.82, 2.24) is 10.2 Å². The highest BCUT2D eigenvalue weighted by Gasteiger charge is 2.19. The molecular weight excluding hydrogens is 255 g/mol. The average Bonchev–Trinajstić information content (AvgIpc) is 2.75. The fourth-order valence-electron chi connectivity index (χ4n) is 1.38. The van der Waals surface area contributed by atoms with Gasteiger partial charge in [-0.1, -0.05) is 11.8 Å². The molecule has 4 nitrogen and oxygen atoms in total. The Balaban J connectivity index is 2.07. The molecule has 1 aromatic carbocycles. The summed E-state index contributed by atoms with van der Waals surface area (Å²) in [5, 5.41) is 7.49. The topological polar surface area (TPSA) is 56.0 Å². The Bertz CT molecular complexity index is 553. The zero-order chi connectivity index (χ0) is 13.1. The van der Waals surface area contributed by atoms with Crippen molar-refractivity contribution in [1.29, 1.82) is 0 Å². The summed E-state index contributed by atoms with van der Waals surface area (Å²) in [6.45, 7) is 3.43. The van der Waals surface area contributed by atoms with E-state index in [2.05, 4.69) is 10.2 Å². The van der Waals surface area contributed by atoms with E-state index in [0.717, 1.165) is 0 Å². The molecule has 0 fully saturated rings. The van der Waals surface area contributed by atoms with Crippen LogP contribution in [0.2, 0.25) is 0 Å². The molecule has 0 N–H and O–H groups in total. The average molecular weight is 266 g/mol. The molecule has 0 amide bonds. The first-order chi connectivity index (χ1) is 8.56. The van der Waals surface area contributed by atoms with E-state index in [1.165, 1.54) is 36.0 Å². The summed E-state index contributed by atoms with van der Waals surface area (Å²) >= 11 is 1.19. The molecule has 6 heteroatoms. The molecule has 94 valence electrons. The molecule has 0 aliphatic heterocycles. The molecule has 18 heavy (non-hydrogen) atoms. The van der Waals surface area contributed by atoms with E-state index in [9.17, 15) is 9.18 Å². The number of benzene rings is 1. The van der Waals surface area contributed by atoms with Gasteiger partial charge in [-0.3, -0.25) is 4.79 Å². The van der Waals surface area contributed by atoms with Crippen molar-refractivity contribution < 1.29 is 13.6 Å². The van der Waals surface area contributed by atoms with Crippen molar-refractivity contribution >= 4 is 17.5 Å². The fourth-order valence-corrected chi connectivity index (χ4v) is 2.18. The van der Waals surface area contributed by atoms with Gasteiger partial charge in [0, 0.05) is 12.5 Å². The SMILES string of the molecule is Cc1nnc(SC(C)C(=O)c2ccc(F)cc2)o1. The molecule has 0 bridgehead atoms. The van der Waals surface area contributed by atoms with E-state index in [1.54, 1.807) is 13.8 Å². The van der Waals surface area contributed by atoms with Crippen LogP contribution in [0.5, 0.6) is 0 Å². The maximum absolute atomic E-state index is 12.8. The first-order valence-corrected chi connectivity index (χ1v) is 6.21. The van der Waals surface area contributed by atoms with E-state index in [-0.39, 0.29) is 16.9 Å². The van der Waals surface area contributed by atoms with Crippen LogP contribution in [0.25, 0.3) is 0 Å². The van der Waals surface area contributed by atoms with Crippen molar-refractivity contribution in [3.63, 3.8) is 0 Å². The van der Waals surface area contributed by atoms with Crippen molar-refractivity contribution in [2.45, 2.75) is 24.3 Å². The molecule has 0 aliphatic carbocycles. The quantitative estimate of drug-likeness (QED) is 0.629. The third-order valence-electron chi connectivity index (χ3n) is 2.28. The molecule has 1 atom stereocenters. The highest BCUT2D eigenvalue weighted by atomic mass is 32.2. The van der Waals surface area contributed by atoms with Crippen LogP contribution < -0.4 is 0 Å². The lowest BCUT2D eigenvalue weighted by Crippen LogP contribution is -2.13. The van der Waals surface area contributed by atoms with Crippen LogP contribution in [0.1, 0.15) is 23.2 Å². The summed E-state index contributed by atoms with van der Waals surface area (Å²) in [4.78, 5) is 12.0. The zero-order valence-corrected chi connectivity index (χ0v) is 10.7. The van der Waals surface area contributed by atoms with Gasteiger partial charge in [0.1, 0.15) is 5.82 Å². The number of ketones is 1. The summed E-state index contributed by atoms with van der Waals surface area (Å²) in [7, 11) is 0. The Hall–Kier alpha value is -1.69. The van der Waals surface area contributed by atoms with Crippen LogP contribution in [-0.4, -0.2) is 21.2 Å². The highest BCUT2D eigenvalue weighted by molar-refractivity contribution is 8.00. The fraction of sp³-hybridized carbons (Fsp3) is 0.250. The molecule has 0 saturated carbocycles. The molecule has 2 aromatic rings. The number of aryl methyl sites for hydroxylation is 1. The molecule has 2 rings (SSSR count). The van der Waals surface area contributed by atoms with E-state index in [4.69, 9.17) is 4.42 Å². The largest absolute Gasteiger partial charge is 0.416 e. The molecule has 1 unspecified atom stereocenters. The lowest BCUT2D eigenvalue weighted by Gasteiger charge is -2.07. The second-order valence-corrected chi connectivity index (χ2v) is 5.01. The van der Waals surface area contributed by atoms with Crippen molar-refractivity contribution in [2.75, 3.05) is 0 Å². The number of aromatic nitrogens is 2. The van der Waals surface area contributed by atoms with Gasteiger partial charge in [-0.2, -0.15) is 0 Å². The molecule has 1 heterocycles. The van der Waals surface area contributed by atoms with Gasteiger partial charge >= 0.3 is 0 Å². The molecule has 0 radical (unpaired) electrons. The molecular formula is C12H11FN2O2S. The zero-order valence-electron chi connectivity index (χ0n) is 9.88. The third kappa shape index (κ3) is 2.95. The van der Waals surface area contributed by atoms with Crippen LogP contribution in [0.3, 0.4) is 0 Å². The molecule has 0 aliphatic rings. The monoisotopic (exact) mass is 266 g/mol. The highest BCUT2D eigenvalue weighted by Crippen LogP contribution is 2.24. The number of halogens is 1. The van der Waals surface area contributed by atoms with Crippen LogP contribution in [-0.2, 0) is 0 Å². The van der Waals surface area contributed by atoms with E-state index < -0.39 is 0 Å². The maximum atomic E-state index is 12.8. The summed E-state index contributed by atoms with van der Waals surface area (Å²) in [6.07, 6.45) is 0. The number of carbonyl (C=O) groups excluding carboxylic acids is 1. The van der Waals surface area contributed by atoms with Gasteiger partial charge in [0.2, 0.25) is 5.89 Å². The minimum absolute atomic E-state index is 0.101. The van der Waals surface area contributed by atoms with Crippen LogP contribution >= 0.6 is 11.8 Å². The Morgan fingerprint density at radius 3 is 2.56 bits per heavy atom. The van der Waals surface area contributed by atoms with Gasteiger partial charge in [-0.05, 0) is 31.2 Å². The van der Waals surface area contributed by atoms with Crippen molar-refractivity contribution in [3.05, 3.63) is 41.5 Å². The Morgan fingerprint density at radius 1 is 1.33 bits per heavy atom. The standard InChI is InChI=1S/C12H11FN2O2S/c1-7(18-12-15-14-8(2)17-12)11(16)9-3-5-10(13)6-4-9/h3-7H,1-2H3. The summed E-state index contributed by atoms with van der Waals surface area (Å²) in [5.41, 5.74) is 0.465. The Kier molecular flexibility index (Phi) is 3.76. The van der Waals surface area contributed by atoms with Gasteiger partial charge in [0.25, 0.3) is 5.22 Å². The predicted molar refractivity (Wildman–Crippen MR) is 65.1 cm³/mol. The van der Waals surface area contributed by atoms with Crippen LogP contribution in [0.4, 0.5) is 4.39 Å². The predicted octanol–water partition coefficient (Wildman–Crippen LogP) is 2.88. The van der Waals surface area contributed by atoms with Crippen molar-refractivity contribution in [2.24, 2.45) is 0 Å².